The van der Waals surface area contributed by atoms with Crippen molar-refractivity contribution in [3.8, 4) is 0 Å². The van der Waals surface area contributed by atoms with E-state index in [2.05, 4.69) is 6.92 Å². The summed E-state index contributed by atoms with van der Waals surface area (Å²) in [6.07, 6.45) is 2.66. The summed E-state index contributed by atoms with van der Waals surface area (Å²) in [7, 11) is 1.83. The molecule has 1 fully saturated rings. The molecule has 3 aromatic rings. The van der Waals surface area contributed by atoms with Gasteiger partial charge in [0.2, 0.25) is 11.8 Å². The predicted octanol–water partition coefficient (Wildman–Crippen LogP) is 4.32. The van der Waals surface area contributed by atoms with E-state index in [0.717, 1.165) is 52.9 Å². The third-order valence-electron chi connectivity index (χ3n) is 5.60. The highest BCUT2D eigenvalue weighted by Crippen LogP contribution is 2.27. The number of hydrogen-bond donors (Lipinski definition) is 0. The number of amides is 2. The lowest BCUT2D eigenvalue weighted by Crippen LogP contribution is -2.28. The van der Waals surface area contributed by atoms with Gasteiger partial charge in [-0.1, -0.05) is 37.3 Å². The number of likely N-dealkylation sites (N-methyl/N-ethyl adjacent to an activating group) is 1. The van der Waals surface area contributed by atoms with Crippen LogP contribution in [0, 0.1) is 0 Å². The Morgan fingerprint density at radius 1 is 1.14 bits per heavy atom. The first-order chi connectivity index (χ1) is 14.1. The Balaban J connectivity index is 1.44. The molecule has 0 bridgehead atoms. The molecule has 0 aliphatic carbocycles. The minimum Gasteiger partial charge on any atom is -0.461 e. The number of anilines is 1. The normalized spacial score (nSPS) is 14.0. The summed E-state index contributed by atoms with van der Waals surface area (Å²) in [5.74, 6) is 1.17. The first kappa shape index (κ1) is 19.2. The number of carbonyl (C=O) groups is 2. The number of fused-ring (bicyclic) bond motifs is 1. The van der Waals surface area contributed by atoms with Crippen molar-refractivity contribution < 1.29 is 14.0 Å². The highest BCUT2D eigenvalue weighted by molar-refractivity contribution is 5.95. The molecule has 5 nitrogen and oxygen atoms in total. The Labute approximate surface area is 170 Å². The molecule has 1 saturated heterocycles. The summed E-state index contributed by atoms with van der Waals surface area (Å²) in [5, 5.41) is 1.07. The van der Waals surface area contributed by atoms with Crippen LogP contribution in [0.4, 0.5) is 5.69 Å². The second-order valence-electron chi connectivity index (χ2n) is 7.60. The molecule has 0 spiro atoms. The summed E-state index contributed by atoms with van der Waals surface area (Å²) >= 11 is 0. The van der Waals surface area contributed by atoms with Gasteiger partial charge in [-0.2, -0.15) is 0 Å². The summed E-state index contributed by atoms with van der Waals surface area (Å²) in [4.78, 5) is 28.3. The van der Waals surface area contributed by atoms with Crippen molar-refractivity contribution in [2.75, 3.05) is 18.5 Å². The van der Waals surface area contributed by atoms with E-state index in [1.807, 2.05) is 60.5 Å². The van der Waals surface area contributed by atoms with Crippen LogP contribution in [-0.2, 0) is 29.0 Å². The maximum atomic E-state index is 12.8. The fraction of sp³-hybridized carbons (Fsp3) is 0.333. The monoisotopic (exact) mass is 390 g/mol. The maximum absolute atomic E-state index is 12.8. The van der Waals surface area contributed by atoms with Crippen LogP contribution in [0.5, 0.6) is 0 Å². The molecule has 1 aliphatic heterocycles. The molecular weight excluding hydrogens is 364 g/mol. The molecule has 4 rings (SSSR count). The molecule has 29 heavy (non-hydrogen) atoms. The highest BCUT2D eigenvalue weighted by Gasteiger charge is 2.22. The second-order valence-corrected chi connectivity index (χ2v) is 7.60. The van der Waals surface area contributed by atoms with Crippen molar-refractivity contribution in [3.63, 3.8) is 0 Å². The molecule has 2 aromatic carbocycles. The van der Waals surface area contributed by atoms with E-state index in [1.54, 1.807) is 4.90 Å². The predicted molar refractivity (Wildman–Crippen MR) is 114 cm³/mol. The number of nitrogens with zero attached hydrogens (tertiary/aromatic N) is 2. The molecule has 1 aromatic heterocycles. The number of benzene rings is 2. The third kappa shape index (κ3) is 3.90. The fourth-order valence-corrected chi connectivity index (χ4v) is 3.96. The zero-order valence-corrected chi connectivity index (χ0v) is 17.0. The van der Waals surface area contributed by atoms with Gasteiger partial charge < -0.3 is 14.2 Å². The Morgan fingerprint density at radius 2 is 1.90 bits per heavy atom. The van der Waals surface area contributed by atoms with Gasteiger partial charge in [0.1, 0.15) is 11.3 Å². The SMILES string of the molecule is CCc1oc2ccccc2c1CN(C)C(=O)Cc1ccc(N2CCCC2=O)cc1. The average molecular weight is 390 g/mol. The summed E-state index contributed by atoms with van der Waals surface area (Å²) in [5.41, 5.74) is 3.81. The smallest absolute Gasteiger partial charge is 0.227 e. The third-order valence-corrected chi connectivity index (χ3v) is 5.60. The van der Waals surface area contributed by atoms with Gasteiger partial charge in [0.15, 0.2) is 0 Å². The number of carbonyl (C=O) groups excluding carboxylic acids is 2. The van der Waals surface area contributed by atoms with Gasteiger partial charge in [-0.15, -0.1) is 0 Å². The van der Waals surface area contributed by atoms with Crippen LogP contribution < -0.4 is 4.90 Å². The Kier molecular flexibility index (Phi) is 5.38. The summed E-state index contributed by atoms with van der Waals surface area (Å²) in [6, 6.07) is 15.7. The van der Waals surface area contributed by atoms with E-state index in [-0.39, 0.29) is 11.8 Å². The molecule has 150 valence electrons. The number of aryl methyl sites for hydroxylation is 1. The largest absolute Gasteiger partial charge is 0.461 e. The molecule has 2 heterocycles. The van der Waals surface area contributed by atoms with Crippen molar-refractivity contribution in [2.45, 2.75) is 39.2 Å². The summed E-state index contributed by atoms with van der Waals surface area (Å²) in [6.45, 7) is 3.37. The van der Waals surface area contributed by atoms with Crippen LogP contribution >= 0.6 is 0 Å². The van der Waals surface area contributed by atoms with Gasteiger partial charge in [-0.05, 0) is 30.2 Å². The van der Waals surface area contributed by atoms with Crippen LogP contribution in [0.2, 0.25) is 0 Å². The van der Waals surface area contributed by atoms with E-state index >= 15 is 0 Å². The van der Waals surface area contributed by atoms with E-state index in [4.69, 9.17) is 4.42 Å². The minimum absolute atomic E-state index is 0.0577. The molecule has 2 amide bonds. The molecule has 0 saturated carbocycles. The van der Waals surface area contributed by atoms with E-state index < -0.39 is 0 Å². The number of rotatable bonds is 6. The standard InChI is InChI=1S/C24H26N2O3/c1-3-21-20(19-7-4-5-8-22(19)29-21)16-25(2)24(28)15-17-10-12-18(13-11-17)26-14-6-9-23(26)27/h4-5,7-8,10-13H,3,6,9,14-16H2,1-2H3. The van der Waals surface area contributed by atoms with Crippen molar-refractivity contribution >= 4 is 28.5 Å². The van der Waals surface area contributed by atoms with Crippen LogP contribution in [0.15, 0.2) is 52.9 Å². The zero-order chi connectivity index (χ0) is 20.4. The maximum Gasteiger partial charge on any atom is 0.227 e. The van der Waals surface area contributed by atoms with Crippen LogP contribution in [0.1, 0.15) is 36.7 Å². The van der Waals surface area contributed by atoms with E-state index in [9.17, 15) is 9.59 Å². The highest BCUT2D eigenvalue weighted by atomic mass is 16.3. The van der Waals surface area contributed by atoms with Crippen LogP contribution in [-0.4, -0.2) is 30.3 Å². The fourth-order valence-electron chi connectivity index (χ4n) is 3.96. The first-order valence-corrected chi connectivity index (χ1v) is 10.2. The number of para-hydroxylation sites is 1. The average Bonchev–Trinajstić information content (AvgIpc) is 3.32. The molecule has 0 N–H and O–H groups in total. The quantitative estimate of drug-likeness (QED) is 0.630. The lowest BCUT2D eigenvalue weighted by Gasteiger charge is -2.18. The van der Waals surface area contributed by atoms with Crippen molar-refractivity contribution in [3.05, 3.63) is 65.4 Å². The summed E-state index contributed by atoms with van der Waals surface area (Å²) < 4.78 is 5.95. The minimum atomic E-state index is 0.0577. The lowest BCUT2D eigenvalue weighted by atomic mass is 10.1. The van der Waals surface area contributed by atoms with Crippen molar-refractivity contribution in [1.29, 1.82) is 0 Å². The Morgan fingerprint density at radius 3 is 2.59 bits per heavy atom. The Hall–Kier alpha value is -3.08. The van der Waals surface area contributed by atoms with Gasteiger partial charge in [0.25, 0.3) is 0 Å². The van der Waals surface area contributed by atoms with Crippen LogP contribution in [0.25, 0.3) is 11.0 Å². The van der Waals surface area contributed by atoms with Crippen molar-refractivity contribution in [2.24, 2.45) is 0 Å². The van der Waals surface area contributed by atoms with E-state index in [0.29, 0.717) is 19.4 Å². The lowest BCUT2D eigenvalue weighted by molar-refractivity contribution is -0.129. The molecule has 0 radical (unpaired) electrons. The van der Waals surface area contributed by atoms with Gasteiger partial charge in [-0.3, -0.25) is 9.59 Å². The Bertz CT molecular complexity index is 1040. The van der Waals surface area contributed by atoms with Gasteiger partial charge in [0.05, 0.1) is 6.42 Å². The molecule has 0 atom stereocenters. The first-order valence-electron chi connectivity index (χ1n) is 10.2. The molecule has 1 aliphatic rings. The molecule has 5 heteroatoms. The topological polar surface area (TPSA) is 53.8 Å². The molecule has 0 unspecified atom stereocenters. The van der Waals surface area contributed by atoms with Crippen molar-refractivity contribution in [1.82, 2.24) is 4.90 Å². The molecular formula is C24H26N2O3. The van der Waals surface area contributed by atoms with Crippen LogP contribution in [0.3, 0.4) is 0 Å². The number of furan rings is 1. The number of hydrogen-bond acceptors (Lipinski definition) is 3. The second kappa shape index (κ2) is 8.11. The van der Waals surface area contributed by atoms with Gasteiger partial charge in [-0.25, -0.2) is 0 Å². The van der Waals surface area contributed by atoms with E-state index in [1.165, 1.54) is 0 Å². The zero-order valence-electron chi connectivity index (χ0n) is 17.0. The van der Waals surface area contributed by atoms with Gasteiger partial charge in [0, 0.05) is 49.6 Å². The van der Waals surface area contributed by atoms with Gasteiger partial charge >= 0.3 is 0 Å².